The molecule has 1 heterocycles. The first-order chi connectivity index (χ1) is 8.89. The van der Waals surface area contributed by atoms with Crippen LogP contribution in [0.25, 0.3) is 5.69 Å². The van der Waals surface area contributed by atoms with Crippen molar-refractivity contribution in [3.05, 3.63) is 24.3 Å². The van der Waals surface area contributed by atoms with E-state index in [1.807, 2.05) is 45.0 Å². The molecule has 6 heteroatoms. The molecule has 0 saturated carbocycles. The van der Waals surface area contributed by atoms with Crippen molar-refractivity contribution in [2.45, 2.75) is 26.3 Å². The summed E-state index contributed by atoms with van der Waals surface area (Å²) in [4.78, 5) is 4.21. The molecule has 0 aliphatic rings. The molecule has 0 atom stereocenters. The highest BCUT2D eigenvalue weighted by molar-refractivity contribution is 5.45. The topological polar surface area (TPSA) is 78.0 Å². The van der Waals surface area contributed by atoms with Crippen LogP contribution in [0.1, 0.15) is 20.8 Å². The van der Waals surface area contributed by atoms with Crippen molar-refractivity contribution in [3.63, 3.8) is 0 Å². The first-order valence-electron chi connectivity index (χ1n) is 6.04. The summed E-state index contributed by atoms with van der Waals surface area (Å²) in [5.74, 6) is 1.59. The van der Waals surface area contributed by atoms with Crippen molar-refractivity contribution in [3.8, 4) is 11.4 Å². The second-order valence-corrected chi connectivity index (χ2v) is 5.28. The Morgan fingerprint density at radius 3 is 2.68 bits per heavy atom. The molecule has 3 N–H and O–H groups in total. The van der Waals surface area contributed by atoms with Gasteiger partial charge in [0, 0.05) is 11.6 Å². The minimum absolute atomic E-state index is 0.118. The van der Waals surface area contributed by atoms with Gasteiger partial charge >= 0.3 is 0 Å². The summed E-state index contributed by atoms with van der Waals surface area (Å²) >= 11 is 0. The highest BCUT2D eigenvalue weighted by atomic mass is 16.5. The molecule has 0 radical (unpaired) electrons. The van der Waals surface area contributed by atoms with Crippen LogP contribution >= 0.6 is 0 Å². The van der Waals surface area contributed by atoms with E-state index in [2.05, 4.69) is 15.4 Å². The second-order valence-electron chi connectivity index (χ2n) is 5.28. The molecule has 19 heavy (non-hydrogen) atoms. The third-order valence-corrected chi connectivity index (χ3v) is 2.42. The fraction of sp³-hybridized carbons (Fsp3) is 0.385. The number of hydrogen-bond donors (Lipinski definition) is 2. The van der Waals surface area contributed by atoms with E-state index in [9.17, 15) is 0 Å². The smallest absolute Gasteiger partial charge is 0.244 e. The van der Waals surface area contributed by atoms with Crippen LogP contribution in [0.3, 0.4) is 0 Å². The number of hydrogen-bond acceptors (Lipinski definition) is 5. The average molecular weight is 261 g/mol. The summed E-state index contributed by atoms with van der Waals surface area (Å²) in [6.07, 6.45) is 0. The summed E-state index contributed by atoms with van der Waals surface area (Å²) in [6.45, 7) is 6.11. The third kappa shape index (κ3) is 3.15. The van der Waals surface area contributed by atoms with Crippen LogP contribution in [0.15, 0.2) is 24.3 Å². The number of nitrogens with zero attached hydrogens (tertiary/aromatic N) is 3. The minimum Gasteiger partial charge on any atom is -0.497 e. The van der Waals surface area contributed by atoms with E-state index in [-0.39, 0.29) is 5.54 Å². The molecule has 0 saturated heterocycles. The number of rotatable bonds is 3. The number of ether oxygens (including phenoxy) is 1. The van der Waals surface area contributed by atoms with Gasteiger partial charge in [0.2, 0.25) is 11.9 Å². The fourth-order valence-corrected chi connectivity index (χ4v) is 1.64. The van der Waals surface area contributed by atoms with E-state index in [0.29, 0.717) is 11.9 Å². The molecular weight excluding hydrogens is 242 g/mol. The van der Waals surface area contributed by atoms with Crippen LogP contribution in [0.4, 0.5) is 11.9 Å². The van der Waals surface area contributed by atoms with Crippen LogP contribution in [-0.2, 0) is 0 Å². The van der Waals surface area contributed by atoms with Gasteiger partial charge in [0.25, 0.3) is 0 Å². The standard InChI is InChI=1S/C13H19N5O/c1-13(2,3)16-12-15-11(14)18(17-12)9-6-5-7-10(8-9)19-4/h5-8H,1-4H3,(H3,14,15,16,17). The van der Waals surface area contributed by atoms with E-state index >= 15 is 0 Å². The van der Waals surface area contributed by atoms with Crippen LogP contribution in [0, 0.1) is 0 Å². The highest BCUT2D eigenvalue weighted by Crippen LogP contribution is 2.20. The number of nitrogens with two attached hydrogens (primary N) is 1. The molecule has 0 spiro atoms. The molecule has 0 aliphatic carbocycles. The Labute approximate surface area is 112 Å². The zero-order chi connectivity index (χ0) is 14.0. The van der Waals surface area contributed by atoms with Gasteiger partial charge < -0.3 is 15.8 Å². The molecule has 1 aromatic heterocycles. The first-order valence-corrected chi connectivity index (χ1v) is 6.04. The Kier molecular flexibility index (Phi) is 3.33. The average Bonchev–Trinajstić information content (AvgIpc) is 2.68. The predicted molar refractivity (Wildman–Crippen MR) is 75.7 cm³/mol. The second kappa shape index (κ2) is 4.79. The molecule has 0 unspecified atom stereocenters. The lowest BCUT2D eigenvalue weighted by Gasteiger charge is -2.18. The molecular formula is C13H19N5O. The Bertz CT molecular complexity index is 571. The molecule has 0 fully saturated rings. The Balaban J connectivity index is 2.34. The normalized spacial score (nSPS) is 11.4. The van der Waals surface area contributed by atoms with Gasteiger partial charge in [-0.2, -0.15) is 9.67 Å². The quantitative estimate of drug-likeness (QED) is 0.884. The van der Waals surface area contributed by atoms with Gasteiger partial charge in [-0.3, -0.25) is 0 Å². The molecule has 0 bridgehead atoms. The third-order valence-electron chi connectivity index (χ3n) is 2.42. The highest BCUT2D eigenvalue weighted by Gasteiger charge is 2.15. The van der Waals surface area contributed by atoms with Gasteiger partial charge in [0.1, 0.15) is 5.75 Å². The number of anilines is 2. The molecule has 2 aromatic rings. The summed E-state index contributed by atoms with van der Waals surface area (Å²) in [6, 6.07) is 7.50. The lowest BCUT2D eigenvalue weighted by molar-refractivity contribution is 0.414. The molecule has 6 nitrogen and oxygen atoms in total. The first kappa shape index (κ1) is 13.2. The van der Waals surface area contributed by atoms with Crippen molar-refractivity contribution in [2.75, 3.05) is 18.2 Å². The van der Waals surface area contributed by atoms with Gasteiger partial charge in [-0.05, 0) is 32.9 Å². The SMILES string of the molecule is COc1cccc(-n2nc(NC(C)(C)C)nc2N)c1. The Morgan fingerprint density at radius 2 is 2.05 bits per heavy atom. The largest absolute Gasteiger partial charge is 0.497 e. The number of nitrogens with one attached hydrogen (secondary N) is 1. The summed E-state index contributed by atoms with van der Waals surface area (Å²) < 4.78 is 6.77. The van der Waals surface area contributed by atoms with Gasteiger partial charge in [0.15, 0.2) is 0 Å². The van der Waals surface area contributed by atoms with Crippen LogP contribution in [0.2, 0.25) is 0 Å². The minimum atomic E-state index is -0.118. The Morgan fingerprint density at radius 1 is 1.32 bits per heavy atom. The maximum absolute atomic E-state index is 5.89. The Hall–Kier alpha value is -2.24. The van der Waals surface area contributed by atoms with Gasteiger partial charge in [-0.15, -0.1) is 5.10 Å². The maximum atomic E-state index is 5.89. The van der Waals surface area contributed by atoms with Crippen molar-refractivity contribution in [2.24, 2.45) is 0 Å². The zero-order valence-electron chi connectivity index (χ0n) is 11.6. The van der Waals surface area contributed by atoms with E-state index < -0.39 is 0 Å². The predicted octanol–water partition coefficient (Wildman–Crippen LogP) is 2.07. The lowest BCUT2D eigenvalue weighted by Crippen LogP contribution is -2.26. The van der Waals surface area contributed by atoms with Crippen molar-refractivity contribution < 1.29 is 4.74 Å². The summed E-state index contributed by atoms with van der Waals surface area (Å²) in [5, 5.41) is 7.54. The number of methoxy groups -OCH3 is 1. The van der Waals surface area contributed by atoms with E-state index in [1.165, 1.54) is 0 Å². The molecule has 102 valence electrons. The lowest BCUT2D eigenvalue weighted by atomic mass is 10.1. The van der Waals surface area contributed by atoms with Gasteiger partial charge in [-0.1, -0.05) is 6.07 Å². The molecule has 0 amide bonds. The number of aromatic nitrogens is 3. The molecule has 2 rings (SSSR count). The van der Waals surface area contributed by atoms with Crippen LogP contribution < -0.4 is 15.8 Å². The van der Waals surface area contributed by atoms with Gasteiger partial charge in [-0.25, -0.2) is 0 Å². The van der Waals surface area contributed by atoms with Crippen LogP contribution in [0.5, 0.6) is 5.75 Å². The summed E-state index contributed by atoms with van der Waals surface area (Å²) in [5.41, 5.74) is 6.59. The van der Waals surface area contributed by atoms with Crippen molar-refractivity contribution >= 4 is 11.9 Å². The van der Waals surface area contributed by atoms with E-state index in [4.69, 9.17) is 10.5 Å². The summed E-state index contributed by atoms with van der Waals surface area (Å²) in [7, 11) is 1.62. The van der Waals surface area contributed by atoms with E-state index in [0.717, 1.165) is 11.4 Å². The molecule has 0 aliphatic heterocycles. The molecule has 1 aromatic carbocycles. The number of nitrogen functional groups attached to an aromatic ring is 1. The van der Waals surface area contributed by atoms with E-state index in [1.54, 1.807) is 11.8 Å². The zero-order valence-corrected chi connectivity index (χ0v) is 11.6. The number of benzene rings is 1. The van der Waals surface area contributed by atoms with Gasteiger partial charge in [0.05, 0.1) is 12.8 Å². The maximum Gasteiger partial charge on any atom is 0.244 e. The van der Waals surface area contributed by atoms with Crippen molar-refractivity contribution in [1.82, 2.24) is 14.8 Å². The monoisotopic (exact) mass is 261 g/mol. The van der Waals surface area contributed by atoms with Crippen molar-refractivity contribution in [1.29, 1.82) is 0 Å². The van der Waals surface area contributed by atoms with Crippen LogP contribution in [-0.4, -0.2) is 27.4 Å². The fourth-order valence-electron chi connectivity index (χ4n) is 1.64.